The average Bonchev–Trinajstić information content (AvgIpc) is 2.15. The summed E-state index contributed by atoms with van der Waals surface area (Å²) in [5.74, 6) is 0.289. The van der Waals surface area contributed by atoms with E-state index in [-0.39, 0.29) is 6.42 Å². The summed E-state index contributed by atoms with van der Waals surface area (Å²) in [5.41, 5.74) is 7.80. The molecule has 0 saturated heterocycles. The monoisotopic (exact) mass is 178 g/mol. The minimum absolute atomic E-state index is 0.284. The van der Waals surface area contributed by atoms with Crippen LogP contribution in [0.5, 0.6) is 5.75 Å². The number of carbonyl (C=O) groups excluding carboxylic acids is 1. The molecule has 1 amide bonds. The standard InChI is InChI=1S/C10H12NO2/c1-13-9-5-2-8(3-6-9)4-7-10(11)12/h2-3,5-6,11H,4,7H2,1H3. The van der Waals surface area contributed by atoms with E-state index in [1.54, 1.807) is 7.11 Å². The van der Waals surface area contributed by atoms with Gasteiger partial charge in [-0.1, -0.05) is 12.1 Å². The Bertz CT molecular complexity index is 279. The van der Waals surface area contributed by atoms with Crippen LogP contribution in [0.1, 0.15) is 12.0 Å². The fraction of sp³-hybridized carbons (Fsp3) is 0.300. The van der Waals surface area contributed by atoms with Gasteiger partial charge in [0.2, 0.25) is 5.91 Å². The lowest BCUT2D eigenvalue weighted by Crippen LogP contribution is -1.99. The maximum absolute atomic E-state index is 10.4. The first kappa shape index (κ1) is 9.58. The second-order valence-electron chi connectivity index (χ2n) is 2.77. The predicted octanol–water partition coefficient (Wildman–Crippen LogP) is 1.44. The molecule has 1 aromatic carbocycles. The number of ether oxygens (including phenoxy) is 1. The second-order valence-corrected chi connectivity index (χ2v) is 2.77. The zero-order chi connectivity index (χ0) is 9.68. The van der Waals surface area contributed by atoms with Gasteiger partial charge in [-0.25, -0.2) is 0 Å². The van der Waals surface area contributed by atoms with Gasteiger partial charge >= 0.3 is 0 Å². The maximum Gasteiger partial charge on any atom is 0.238 e. The summed E-state index contributed by atoms with van der Waals surface area (Å²) in [6, 6.07) is 7.51. The largest absolute Gasteiger partial charge is 0.497 e. The van der Waals surface area contributed by atoms with Gasteiger partial charge in [-0.05, 0) is 24.1 Å². The lowest BCUT2D eigenvalue weighted by atomic mass is 10.1. The molecule has 3 nitrogen and oxygen atoms in total. The third kappa shape index (κ3) is 3.15. The van der Waals surface area contributed by atoms with E-state index in [1.807, 2.05) is 24.3 Å². The lowest BCUT2D eigenvalue weighted by Gasteiger charge is -2.01. The topological polar surface area (TPSA) is 50.1 Å². The van der Waals surface area contributed by atoms with Crippen LogP contribution in [0.3, 0.4) is 0 Å². The first-order valence-electron chi connectivity index (χ1n) is 4.09. The highest BCUT2D eigenvalue weighted by Crippen LogP contribution is 2.12. The predicted molar refractivity (Wildman–Crippen MR) is 49.4 cm³/mol. The van der Waals surface area contributed by atoms with Gasteiger partial charge in [0.05, 0.1) is 7.11 Å². The number of amides is 1. The number of aryl methyl sites for hydroxylation is 1. The Hall–Kier alpha value is -1.51. The quantitative estimate of drug-likeness (QED) is 0.700. The third-order valence-electron chi connectivity index (χ3n) is 1.80. The van der Waals surface area contributed by atoms with Crippen molar-refractivity contribution in [2.24, 2.45) is 0 Å². The highest BCUT2D eigenvalue weighted by molar-refractivity contribution is 5.73. The van der Waals surface area contributed by atoms with Crippen molar-refractivity contribution < 1.29 is 9.53 Å². The van der Waals surface area contributed by atoms with E-state index in [2.05, 4.69) is 0 Å². The normalized spacial score (nSPS) is 9.62. The van der Waals surface area contributed by atoms with Gasteiger partial charge in [-0.3, -0.25) is 10.5 Å². The fourth-order valence-electron chi connectivity index (χ4n) is 1.05. The molecule has 1 N–H and O–H groups in total. The van der Waals surface area contributed by atoms with Crippen molar-refractivity contribution in [2.75, 3.05) is 7.11 Å². The number of methoxy groups -OCH3 is 1. The molecule has 0 atom stereocenters. The zero-order valence-electron chi connectivity index (χ0n) is 7.54. The Kier molecular flexibility index (Phi) is 3.31. The van der Waals surface area contributed by atoms with E-state index in [0.717, 1.165) is 11.3 Å². The SMILES string of the molecule is COc1ccc(CCC([NH])=O)cc1. The van der Waals surface area contributed by atoms with Crippen molar-refractivity contribution >= 4 is 5.91 Å². The fourth-order valence-corrected chi connectivity index (χ4v) is 1.05. The van der Waals surface area contributed by atoms with E-state index in [9.17, 15) is 4.79 Å². The molecule has 1 radical (unpaired) electrons. The Morgan fingerprint density at radius 2 is 2.00 bits per heavy atom. The number of carbonyl (C=O) groups is 1. The maximum atomic E-state index is 10.4. The molecule has 0 heterocycles. The number of rotatable bonds is 4. The number of benzene rings is 1. The zero-order valence-corrected chi connectivity index (χ0v) is 7.54. The number of hydrogen-bond donors (Lipinski definition) is 0. The molecule has 13 heavy (non-hydrogen) atoms. The molecule has 69 valence electrons. The number of hydrogen-bond acceptors (Lipinski definition) is 2. The summed E-state index contributed by atoms with van der Waals surface area (Å²) in [4.78, 5) is 10.4. The van der Waals surface area contributed by atoms with Gasteiger partial charge in [0.1, 0.15) is 5.75 Å². The van der Waals surface area contributed by atoms with E-state index < -0.39 is 5.91 Å². The average molecular weight is 178 g/mol. The summed E-state index contributed by atoms with van der Waals surface area (Å²) in [6.07, 6.45) is 0.915. The smallest absolute Gasteiger partial charge is 0.238 e. The van der Waals surface area contributed by atoms with Gasteiger partial charge in [0, 0.05) is 6.42 Å². The summed E-state index contributed by atoms with van der Waals surface area (Å²) in [6.45, 7) is 0. The summed E-state index contributed by atoms with van der Waals surface area (Å²) in [7, 11) is 1.61. The molecule has 1 aromatic rings. The van der Waals surface area contributed by atoms with Crippen LogP contribution < -0.4 is 10.5 Å². The molecule has 0 fully saturated rings. The summed E-state index contributed by atoms with van der Waals surface area (Å²) >= 11 is 0. The second kappa shape index (κ2) is 4.50. The van der Waals surface area contributed by atoms with Crippen molar-refractivity contribution in [3.63, 3.8) is 0 Å². The molecule has 0 aliphatic carbocycles. The van der Waals surface area contributed by atoms with Crippen LogP contribution in [0, 0.1) is 0 Å². The van der Waals surface area contributed by atoms with Crippen molar-refractivity contribution in [3.8, 4) is 5.75 Å². The van der Waals surface area contributed by atoms with Gasteiger partial charge in [0.15, 0.2) is 0 Å². The van der Waals surface area contributed by atoms with Crippen molar-refractivity contribution in [1.29, 1.82) is 0 Å². The van der Waals surface area contributed by atoms with Crippen molar-refractivity contribution in [1.82, 2.24) is 5.73 Å². The van der Waals surface area contributed by atoms with Gasteiger partial charge in [0.25, 0.3) is 0 Å². The van der Waals surface area contributed by atoms with Gasteiger partial charge in [-0.2, -0.15) is 0 Å². The van der Waals surface area contributed by atoms with E-state index in [4.69, 9.17) is 10.5 Å². The molecule has 0 aromatic heterocycles. The van der Waals surface area contributed by atoms with Crippen LogP contribution in [-0.2, 0) is 11.2 Å². The van der Waals surface area contributed by atoms with E-state index in [1.165, 1.54) is 0 Å². The summed E-state index contributed by atoms with van der Waals surface area (Å²) < 4.78 is 4.99. The molecule has 0 aliphatic heterocycles. The highest BCUT2D eigenvalue weighted by atomic mass is 16.5. The third-order valence-corrected chi connectivity index (χ3v) is 1.80. The van der Waals surface area contributed by atoms with Crippen molar-refractivity contribution in [2.45, 2.75) is 12.8 Å². The lowest BCUT2D eigenvalue weighted by molar-refractivity contribution is -0.118. The van der Waals surface area contributed by atoms with E-state index in [0.29, 0.717) is 6.42 Å². The van der Waals surface area contributed by atoms with Crippen LogP contribution in [-0.4, -0.2) is 13.0 Å². The van der Waals surface area contributed by atoms with Crippen LogP contribution in [0.2, 0.25) is 0 Å². The number of nitrogens with one attached hydrogen (secondary N) is 1. The van der Waals surface area contributed by atoms with Crippen LogP contribution in [0.4, 0.5) is 0 Å². The van der Waals surface area contributed by atoms with Crippen LogP contribution in [0.25, 0.3) is 0 Å². The molecular weight excluding hydrogens is 166 g/mol. The molecule has 0 saturated carbocycles. The van der Waals surface area contributed by atoms with E-state index >= 15 is 0 Å². The first-order valence-corrected chi connectivity index (χ1v) is 4.09. The minimum Gasteiger partial charge on any atom is -0.497 e. The molecule has 0 unspecified atom stereocenters. The van der Waals surface area contributed by atoms with Gasteiger partial charge in [-0.15, -0.1) is 0 Å². The molecule has 0 bridgehead atoms. The molecule has 0 aliphatic rings. The molecule has 1 rings (SSSR count). The Labute approximate surface area is 77.5 Å². The Morgan fingerprint density at radius 3 is 2.46 bits per heavy atom. The molecule has 3 heteroatoms. The Morgan fingerprint density at radius 1 is 1.38 bits per heavy atom. The van der Waals surface area contributed by atoms with Gasteiger partial charge < -0.3 is 4.74 Å². The molecule has 0 spiro atoms. The highest BCUT2D eigenvalue weighted by Gasteiger charge is 1.97. The molecular formula is C10H12NO2. The summed E-state index contributed by atoms with van der Waals surface area (Å²) in [5, 5.41) is 0. The Balaban J connectivity index is 2.54. The van der Waals surface area contributed by atoms with Crippen LogP contribution >= 0.6 is 0 Å². The minimum atomic E-state index is -0.518. The first-order chi connectivity index (χ1) is 6.22. The van der Waals surface area contributed by atoms with Crippen LogP contribution in [0.15, 0.2) is 24.3 Å². The van der Waals surface area contributed by atoms with Crippen molar-refractivity contribution in [3.05, 3.63) is 29.8 Å².